The van der Waals surface area contributed by atoms with Gasteiger partial charge >= 0.3 is 0 Å². The molecule has 0 radical (unpaired) electrons. The number of aromatic nitrogens is 3. The van der Waals surface area contributed by atoms with Gasteiger partial charge in [-0.3, -0.25) is 0 Å². The first kappa shape index (κ1) is 32.0. The van der Waals surface area contributed by atoms with Crippen LogP contribution in [-0.4, -0.2) is 14.5 Å². The van der Waals surface area contributed by atoms with Crippen LogP contribution in [0.3, 0.4) is 0 Å². The van der Waals surface area contributed by atoms with Gasteiger partial charge in [-0.2, -0.15) is 0 Å². The second kappa shape index (κ2) is 12.6. The summed E-state index contributed by atoms with van der Waals surface area (Å²) < 4.78 is 11.4. The molecule has 0 saturated heterocycles. The Balaban J connectivity index is 1.08. The molecule has 0 spiro atoms. The monoisotopic (exact) mass is 745 g/mol. The number of hydrogen-bond donors (Lipinski definition) is 0. The lowest BCUT2D eigenvalue weighted by Gasteiger charge is -2.13. The quantitative estimate of drug-likeness (QED) is 0.176. The van der Waals surface area contributed by atoms with Gasteiger partial charge in [0.15, 0.2) is 5.82 Å². The highest BCUT2D eigenvalue weighted by Gasteiger charge is 2.20. The lowest BCUT2D eigenvalue weighted by atomic mass is 10.00. The van der Waals surface area contributed by atoms with Crippen molar-refractivity contribution in [3.63, 3.8) is 0 Å². The van der Waals surface area contributed by atoms with E-state index in [4.69, 9.17) is 14.4 Å². The fourth-order valence-corrected chi connectivity index (χ4v) is 9.82. The minimum atomic E-state index is 0.674. The van der Waals surface area contributed by atoms with Crippen molar-refractivity contribution < 1.29 is 4.42 Å². The predicted molar refractivity (Wildman–Crippen MR) is 238 cm³/mol. The molecular formula is C52H31N3OS. The fourth-order valence-electron chi connectivity index (χ4n) is 8.60. The number of fused-ring (bicyclic) bond motifs is 10. The van der Waals surface area contributed by atoms with E-state index in [2.05, 4.69) is 180 Å². The second-order valence-electron chi connectivity index (χ2n) is 14.5. The van der Waals surface area contributed by atoms with Gasteiger partial charge in [0.25, 0.3) is 0 Å². The Morgan fingerprint density at radius 1 is 0.439 bits per heavy atom. The summed E-state index contributed by atoms with van der Waals surface area (Å²) in [5, 5.41) is 7.02. The van der Waals surface area contributed by atoms with Crippen molar-refractivity contribution in [3.05, 3.63) is 188 Å². The van der Waals surface area contributed by atoms with Crippen molar-refractivity contribution in [1.29, 1.82) is 0 Å². The fraction of sp³-hybridized carbons (Fsp3) is 0. The third-order valence-corrected chi connectivity index (χ3v) is 12.4. The van der Waals surface area contributed by atoms with Crippen molar-refractivity contribution >= 4 is 75.3 Å². The SMILES string of the molecule is c1ccc(-c2cccc(-c3cc(-c4cccc5c4sc4ccccc45)nc(-c4cccc(-n5c6ccccc6c6c7oc8ccccc8c7ccc65)c4)n3)c2)cc1. The minimum Gasteiger partial charge on any atom is -0.455 e. The van der Waals surface area contributed by atoms with Gasteiger partial charge in [-0.1, -0.05) is 133 Å². The first-order valence-electron chi connectivity index (χ1n) is 19.1. The van der Waals surface area contributed by atoms with E-state index in [1.807, 2.05) is 23.5 Å². The molecule has 4 heterocycles. The second-order valence-corrected chi connectivity index (χ2v) is 15.6. The van der Waals surface area contributed by atoms with E-state index in [0.29, 0.717) is 5.82 Å². The Morgan fingerprint density at radius 2 is 1.14 bits per heavy atom. The maximum absolute atomic E-state index is 6.58. The number of hydrogen-bond acceptors (Lipinski definition) is 4. The Labute approximate surface area is 331 Å². The van der Waals surface area contributed by atoms with Gasteiger partial charge in [-0.05, 0) is 65.7 Å². The van der Waals surface area contributed by atoms with Crippen molar-refractivity contribution in [2.45, 2.75) is 0 Å². The first-order valence-corrected chi connectivity index (χ1v) is 20.0. The van der Waals surface area contributed by atoms with Crippen LogP contribution in [0.4, 0.5) is 0 Å². The first-order chi connectivity index (χ1) is 28.2. The summed E-state index contributed by atoms with van der Waals surface area (Å²) in [4.78, 5) is 10.7. The maximum atomic E-state index is 6.58. The molecule has 4 aromatic heterocycles. The molecule has 57 heavy (non-hydrogen) atoms. The molecule has 266 valence electrons. The Bertz CT molecular complexity index is 3540. The van der Waals surface area contributed by atoms with Gasteiger partial charge in [0, 0.05) is 58.7 Å². The van der Waals surface area contributed by atoms with E-state index >= 15 is 0 Å². The number of benzene rings is 8. The Kier molecular flexibility index (Phi) is 7.06. The van der Waals surface area contributed by atoms with Crippen LogP contribution >= 0.6 is 11.3 Å². The molecule has 12 aromatic rings. The zero-order chi connectivity index (χ0) is 37.5. The molecule has 0 aliphatic heterocycles. The Morgan fingerprint density at radius 3 is 2.07 bits per heavy atom. The van der Waals surface area contributed by atoms with Crippen molar-refractivity contribution in [2.75, 3.05) is 0 Å². The Hall–Kier alpha value is -7.34. The molecule has 0 bridgehead atoms. The summed E-state index contributed by atoms with van der Waals surface area (Å²) in [5.74, 6) is 0.674. The van der Waals surface area contributed by atoms with Crippen LogP contribution in [0.2, 0.25) is 0 Å². The molecule has 0 saturated carbocycles. The van der Waals surface area contributed by atoms with Gasteiger partial charge in [0.05, 0.1) is 27.8 Å². The summed E-state index contributed by atoms with van der Waals surface area (Å²) in [6, 6.07) is 66.5. The number of furan rings is 1. The van der Waals surface area contributed by atoms with E-state index in [-0.39, 0.29) is 0 Å². The standard InChI is InChI=1S/C52H31N3OS/c1-2-13-32(14-3-1)33-15-10-16-34(29-33)43-31-44(41-23-12-22-40-38-20-6-9-26-48(38)57-51(40)41)54-52(53-43)35-17-11-18-36(30-35)55-45-24-7-4-21-42(45)49-46(55)28-27-39-37-19-5-8-25-47(37)56-50(39)49/h1-31H. The van der Waals surface area contributed by atoms with Crippen LogP contribution < -0.4 is 0 Å². The van der Waals surface area contributed by atoms with Crippen molar-refractivity contribution in [1.82, 2.24) is 14.5 Å². The van der Waals surface area contributed by atoms with Gasteiger partial charge in [-0.15, -0.1) is 11.3 Å². The predicted octanol–water partition coefficient (Wildman–Crippen LogP) is 14.5. The highest BCUT2D eigenvalue weighted by Crippen LogP contribution is 2.43. The molecule has 8 aromatic carbocycles. The molecule has 5 heteroatoms. The van der Waals surface area contributed by atoms with Crippen LogP contribution in [0.25, 0.3) is 115 Å². The van der Waals surface area contributed by atoms with Gasteiger partial charge in [0.1, 0.15) is 11.2 Å². The number of thiophene rings is 1. The topological polar surface area (TPSA) is 43.9 Å². The van der Waals surface area contributed by atoms with E-state index in [1.165, 1.54) is 25.7 Å². The lowest BCUT2D eigenvalue weighted by molar-refractivity contribution is 0.673. The molecule has 0 fully saturated rings. The van der Waals surface area contributed by atoms with Gasteiger partial charge in [0.2, 0.25) is 0 Å². The molecule has 0 amide bonds. The normalized spacial score (nSPS) is 11.9. The molecule has 0 aliphatic carbocycles. The summed E-state index contributed by atoms with van der Waals surface area (Å²) in [5.41, 5.74) is 12.2. The summed E-state index contributed by atoms with van der Waals surface area (Å²) in [7, 11) is 0. The molecule has 4 nitrogen and oxygen atoms in total. The summed E-state index contributed by atoms with van der Waals surface area (Å²) in [6.07, 6.45) is 0. The highest BCUT2D eigenvalue weighted by molar-refractivity contribution is 7.26. The van der Waals surface area contributed by atoms with Crippen LogP contribution in [0.15, 0.2) is 192 Å². The smallest absolute Gasteiger partial charge is 0.160 e. The third kappa shape index (κ3) is 5.06. The molecule has 12 rings (SSSR count). The van der Waals surface area contributed by atoms with Gasteiger partial charge in [-0.25, -0.2) is 9.97 Å². The van der Waals surface area contributed by atoms with Gasteiger partial charge < -0.3 is 8.98 Å². The van der Waals surface area contributed by atoms with E-state index in [1.54, 1.807) is 0 Å². The van der Waals surface area contributed by atoms with E-state index < -0.39 is 0 Å². The molecular weight excluding hydrogens is 715 g/mol. The average molecular weight is 746 g/mol. The largest absolute Gasteiger partial charge is 0.455 e. The van der Waals surface area contributed by atoms with Crippen molar-refractivity contribution in [2.24, 2.45) is 0 Å². The average Bonchev–Trinajstić information content (AvgIpc) is 3.96. The number of rotatable bonds is 5. The van der Waals surface area contributed by atoms with Crippen LogP contribution in [0, 0.1) is 0 Å². The number of para-hydroxylation sites is 2. The molecule has 0 N–H and O–H groups in total. The van der Waals surface area contributed by atoms with Crippen LogP contribution in [-0.2, 0) is 0 Å². The zero-order valence-corrected chi connectivity index (χ0v) is 31.4. The molecule has 0 aliphatic rings. The van der Waals surface area contributed by atoms with Crippen molar-refractivity contribution in [3.8, 4) is 50.7 Å². The highest BCUT2D eigenvalue weighted by atomic mass is 32.1. The third-order valence-electron chi connectivity index (χ3n) is 11.2. The van der Waals surface area contributed by atoms with E-state index in [0.717, 1.165) is 83.1 Å². The zero-order valence-electron chi connectivity index (χ0n) is 30.6. The summed E-state index contributed by atoms with van der Waals surface area (Å²) in [6.45, 7) is 0. The van der Waals surface area contributed by atoms with Crippen LogP contribution in [0.5, 0.6) is 0 Å². The molecule has 0 atom stereocenters. The van der Waals surface area contributed by atoms with E-state index in [9.17, 15) is 0 Å². The van der Waals surface area contributed by atoms with Crippen LogP contribution in [0.1, 0.15) is 0 Å². The summed E-state index contributed by atoms with van der Waals surface area (Å²) >= 11 is 1.82. The maximum Gasteiger partial charge on any atom is 0.160 e. The number of nitrogens with zero attached hydrogens (tertiary/aromatic N) is 3. The molecule has 0 unspecified atom stereocenters. The lowest BCUT2D eigenvalue weighted by Crippen LogP contribution is -1.98. The minimum absolute atomic E-state index is 0.674.